The monoisotopic (exact) mass is 477 g/mol. The maximum Gasteiger partial charge on any atom is 0.232 e. The molecule has 1 fully saturated rings. The molecule has 1 saturated heterocycles. The first-order valence-corrected chi connectivity index (χ1v) is 12.8. The van der Waals surface area contributed by atoms with Crippen molar-refractivity contribution in [3.05, 3.63) is 65.2 Å². The average molecular weight is 478 g/mol. The van der Waals surface area contributed by atoms with Crippen LogP contribution in [0.3, 0.4) is 0 Å². The van der Waals surface area contributed by atoms with E-state index in [4.69, 9.17) is 0 Å². The van der Waals surface area contributed by atoms with Gasteiger partial charge in [-0.05, 0) is 50.3 Å². The van der Waals surface area contributed by atoms with Crippen molar-refractivity contribution in [2.75, 3.05) is 30.3 Å². The normalized spacial score (nSPS) is 13.6. The molecule has 7 nitrogen and oxygen atoms in total. The number of aryl methyl sites for hydroxylation is 1. The Morgan fingerprint density at radius 3 is 2.35 bits per heavy atom. The molecule has 0 atom stereocenters. The minimum absolute atomic E-state index is 0.0363. The van der Waals surface area contributed by atoms with Gasteiger partial charge in [-0.15, -0.1) is 10.2 Å². The van der Waals surface area contributed by atoms with E-state index in [9.17, 15) is 9.59 Å². The van der Waals surface area contributed by atoms with E-state index in [1.165, 1.54) is 30.7 Å². The number of piperidine rings is 1. The summed E-state index contributed by atoms with van der Waals surface area (Å²) in [7, 11) is 0. The van der Waals surface area contributed by atoms with E-state index in [-0.39, 0.29) is 17.4 Å². The summed E-state index contributed by atoms with van der Waals surface area (Å²) in [6, 6.07) is 15.9. The van der Waals surface area contributed by atoms with Gasteiger partial charge in [0.2, 0.25) is 11.9 Å². The molecule has 178 valence electrons. The predicted molar refractivity (Wildman–Crippen MR) is 136 cm³/mol. The molecular weight excluding hydrogens is 446 g/mol. The van der Waals surface area contributed by atoms with Crippen molar-refractivity contribution >= 4 is 29.4 Å². The highest BCUT2D eigenvalue weighted by Gasteiger charge is 2.22. The van der Waals surface area contributed by atoms with Crippen LogP contribution in [-0.4, -0.2) is 51.8 Å². The molecule has 0 bridgehead atoms. The fourth-order valence-electron chi connectivity index (χ4n) is 4.03. The van der Waals surface area contributed by atoms with Crippen LogP contribution in [0.4, 0.5) is 5.95 Å². The number of nitrogens with zero attached hydrogens (tertiary/aromatic N) is 4. The fraction of sp³-hybridized carbons (Fsp3) is 0.385. The third-order valence-electron chi connectivity index (χ3n) is 5.94. The summed E-state index contributed by atoms with van der Waals surface area (Å²) < 4.78 is 2.08. The van der Waals surface area contributed by atoms with Crippen molar-refractivity contribution in [2.24, 2.45) is 0 Å². The molecule has 1 N–H and O–H groups in total. The molecule has 34 heavy (non-hydrogen) atoms. The van der Waals surface area contributed by atoms with Gasteiger partial charge in [-0.25, -0.2) is 0 Å². The minimum Gasteiger partial charge on any atom is -0.356 e. The van der Waals surface area contributed by atoms with Crippen LogP contribution in [0.25, 0.3) is 5.69 Å². The predicted octanol–water partition coefficient (Wildman–Crippen LogP) is 4.22. The second-order valence-corrected chi connectivity index (χ2v) is 9.59. The quantitative estimate of drug-likeness (QED) is 0.367. The zero-order valence-corrected chi connectivity index (χ0v) is 20.6. The number of carbonyl (C=O) groups excluding carboxylic acids is 2. The van der Waals surface area contributed by atoms with Crippen molar-refractivity contribution < 1.29 is 9.59 Å². The van der Waals surface area contributed by atoms with Gasteiger partial charge in [0.25, 0.3) is 0 Å². The number of rotatable bonds is 9. The van der Waals surface area contributed by atoms with Gasteiger partial charge in [0.1, 0.15) is 0 Å². The molecule has 8 heteroatoms. The Labute approximate surface area is 205 Å². The number of nitrogens with one attached hydrogen (secondary N) is 1. The summed E-state index contributed by atoms with van der Waals surface area (Å²) >= 11 is 1.42. The van der Waals surface area contributed by atoms with Crippen molar-refractivity contribution in [1.82, 2.24) is 20.1 Å². The topological polar surface area (TPSA) is 80.1 Å². The summed E-state index contributed by atoms with van der Waals surface area (Å²) in [4.78, 5) is 26.2. The lowest BCUT2D eigenvalue weighted by Crippen LogP contribution is -2.31. The van der Waals surface area contributed by atoms with Gasteiger partial charge >= 0.3 is 0 Å². The number of hydrogen-bond donors (Lipinski definition) is 1. The number of carbonyl (C=O) groups is 2. The van der Waals surface area contributed by atoms with Crippen molar-refractivity contribution in [3.8, 4) is 5.69 Å². The lowest BCUT2D eigenvalue weighted by molar-refractivity contribution is -0.118. The van der Waals surface area contributed by atoms with Gasteiger partial charge in [-0.1, -0.05) is 53.7 Å². The summed E-state index contributed by atoms with van der Waals surface area (Å²) in [5.41, 5.74) is 3.97. The molecule has 1 aliphatic heterocycles. The maximum absolute atomic E-state index is 12.9. The highest BCUT2D eigenvalue weighted by atomic mass is 32.2. The van der Waals surface area contributed by atoms with Gasteiger partial charge in [0.15, 0.2) is 10.9 Å². The first kappa shape index (κ1) is 24.0. The van der Waals surface area contributed by atoms with Crippen LogP contribution in [-0.2, 0) is 11.2 Å². The Bertz CT molecular complexity index is 1120. The number of hydrogen-bond acceptors (Lipinski definition) is 6. The van der Waals surface area contributed by atoms with E-state index in [0.717, 1.165) is 54.7 Å². The SMILES string of the molecule is CC(=O)NCCc1ccc(C(=O)CSc2nnc(N3CCCCC3)n2-c2ccc(C)cc2)cc1. The van der Waals surface area contributed by atoms with Crippen LogP contribution in [0.5, 0.6) is 0 Å². The van der Waals surface area contributed by atoms with Gasteiger partial charge in [-0.3, -0.25) is 14.2 Å². The number of thioether (sulfide) groups is 1. The number of benzene rings is 2. The molecule has 2 aromatic carbocycles. The Balaban J connectivity index is 1.47. The van der Waals surface area contributed by atoms with Gasteiger partial charge in [0, 0.05) is 32.1 Å². The Kier molecular flexibility index (Phi) is 8.00. The van der Waals surface area contributed by atoms with E-state index in [2.05, 4.69) is 56.2 Å². The van der Waals surface area contributed by atoms with Crippen molar-refractivity contribution in [3.63, 3.8) is 0 Å². The lowest BCUT2D eigenvalue weighted by Gasteiger charge is -2.27. The first-order valence-electron chi connectivity index (χ1n) is 11.8. The first-order chi connectivity index (χ1) is 16.5. The minimum atomic E-state index is -0.0363. The van der Waals surface area contributed by atoms with Gasteiger partial charge in [0.05, 0.1) is 11.4 Å². The van der Waals surface area contributed by atoms with E-state index in [1.54, 1.807) is 0 Å². The third kappa shape index (κ3) is 6.05. The van der Waals surface area contributed by atoms with Crippen LogP contribution in [0.2, 0.25) is 0 Å². The number of anilines is 1. The van der Waals surface area contributed by atoms with E-state index < -0.39 is 0 Å². The highest BCUT2D eigenvalue weighted by Crippen LogP contribution is 2.29. The third-order valence-corrected chi connectivity index (χ3v) is 6.87. The molecule has 4 rings (SSSR count). The van der Waals surface area contributed by atoms with Gasteiger partial charge < -0.3 is 10.2 Å². The molecule has 0 saturated carbocycles. The maximum atomic E-state index is 12.9. The summed E-state index contributed by atoms with van der Waals surface area (Å²) in [5, 5.41) is 12.5. The highest BCUT2D eigenvalue weighted by molar-refractivity contribution is 7.99. The summed E-state index contributed by atoms with van der Waals surface area (Å²) in [5.74, 6) is 1.15. The number of Topliss-reactive ketones (excluding diaryl/α,β-unsaturated/α-hetero) is 1. The largest absolute Gasteiger partial charge is 0.356 e. The lowest BCUT2D eigenvalue weighted by atomic mass is 10.1. The molecule has 1 aromatic heterocycles. The molecule has 0 unspecified atom stereocenters. The van der Waals surface area contributed by atoms with E-state index in [0.29, 0.717) is 12.1 Å². The zero-order valence-electron chi connectivity index (χ0n) is 19.8. The van der Waals surface area contributed by atoms with Crippen LogP contribution < -0.4 is 10.2 Å². The average Bonchev–Trinajstić information content (AvgIpc) is 3.28. The van der Waals surface area contributed by atoms with Crippen molar-refractivity contribution in [1.29, 1.82) is 0 Å². The van der Waals surface area contributed by atoms with Gasteiger partial charge in [-0.2, -0.15) is 0 Å². The molecule has 0 spiro atoms. The van der Waals surface area contributed by atoms with Crippen LogP contribution >= 0.6 is 11.8 Å². The van der Waals surface area contributed by atoms with Crippen LogP contribution in [0, 0.1) is 6.92 Å². The Hall–Kier alpha value is -3.13. The summed E-state index contributed by atoms with van der Waals surface area (Å²) in [6.07, 6.45) is 4.30. The Morgan fingerprint density at radius 1 is 0.971 bits per heavy atom. The van der Waals surface area contributed by atoms with E-state index >= 15 is 0 Å². The fourth-order valence-corrected chi connectivity index (χ4v) is 4.87. The molecule has 0 radical (unpaired) electrons. The number of aromatic nitrogens is 3. The summed E-state index contributed by atoms with van der Waals surface area (Å²) in [6.45, 7) is 6.12. The Morgan fingerprint density at radius 2 is 1.68 bits per heavy atom. The molecule has 1 amide bonds. The smallest absolute Gasteiger partial charge is 0.232 e. The molecule has 1 aliphatic rings. The van der Waals surface area contributed by atoms with Crippen LogP contribution in [0.1, 0.15) is 47.7 Å². The van der Waals surface area contributed by atoms with Crippen LogP contribution in [0.15, 0.2) is 53.7 Å². The second-order valence-electron chi connectivity index (χ2n) is 8.64. The number of ketones is 1. The molecule has 2 heterocycles. The standard InChI is InChI=1S/C26H31N5O2S/c1-19-6-12-23(13-7-19)31-25(30-16-4-3-5-17-30)28-29-26(31)34-18-24(33)22-10-8-21(9-11-22)14-15-27-20(2)32/h6-13H,3-5,14-18H2,1-2H3,(H,27,32). The molecular formula is C26H31N5O2S. The second kappa shape index (κ2) is 11.3. The van der Waals surface area contributed by atoms with E-state index in [1.807, 2.05) is 24.3 Å². The molecule has 0 aliphatic carbocycles. The number of amides is 1. The zero-order chi connectivity index (χ0) is 23.9. The van der Waals surface area contributed by atoms with Crippen molar-refractivity contribution in [2.45, 2.75) is 44.7 Å². The molecule has 3 aromatic rings.